The Kier molecular flexibility index (Phi) is 4.51. The summed E-state index contributed by atoms with van der Waals surface area (Å²) in [6.07, 6.45) is 8.82. The van der Waals surface area contributed by atoms with Crippen molar-refractivity contribution < 1.29 is 8.78 Å². The number of fused-ring (bicyclic) bond motifs is 2. The molecule has 1 N–H and O–H groups in total. The highest BCUT2D eigenvalue weighted by Gasteiger charge is 2.41. The molecule has 5 heteroatoms. The molecule has 0 radical (unpaired) electrons. The van der Waals surface area contributed by atoms with Crippen molar-refractivity contribution in [2.75, 3.05) is 0 Å². The SMILES string of the molecule is Fc1ccc2nc([C@@H](C3CCC(c4ccnc5ccc(F)cc45)CC3)C3CC3)[nH]c2c1. The Morgan fingerprint density at radius 1 is 0.806 bits per heavy atom. The number of rotatable bonds is 4. The van der Waals surface area contributed by atoms with Gasteiger partial charge in [0.05, 0.1) is 16.6 Å². The molecule has 2 saturated carbocycles. The molecule has 0 amide bonds. The van der Waals surface area contributed by atoms with Crippen LogP contribution in [0.25, 0.3) is 21.9 Å². The standard InChI is InChI=1S/C26H25F2N3/c27-18-7-9-22-21(13-18)20(11-12-29-22)15-1-3-16(4-2-15)25(17-5-6-17)26-30-23-10-8-19(28)14-24(23)31-26/h7-17,25H,1-6H2,(H,30,31)/t15?,16?,25-/m0/s1. The second kappa shape index (κ2) is 7.40. The Morgan fingerprint density at radius 2 is 1.48 bits per heavy atom. The molecule has 6 rings (SSSR count). The predicted molar refractivity (Wildman–Crippen MR) is 118 cm³/mol. The lowest BCUT2D eigenvalue weighted by Crippen LogP contribution is -2.22. The minimum absolute atomic E-state index is 0.203. The van der Waals surface area contributed by atoms with Crippen molar-refractivity contribution in [2.45, 2.75) is 50.4 Å². The zero-order valence-corrected chi connectivity index (χ0v) is 17.3. The van der Waals surface area contributed by atoms with Gasteiger partial charge in [-0.1, -0.05) is 0 Å². The average molecular weight is 418 g/mol. The summed E-state index contributed by atoms with van der Waals surface area (Å²) < 4.78 is 27.5. The molecule has 0 bridgehead atoms. The van der Waals surface area contributed by atoms with E-state index in [1.54, 1.807) is 24.3 Å². The summed E-state index contributed by atoms with van der Waals surface area (Å²) >= 11 is 0. The van der Waals surface area contributed by atoms with Crippen molar-refractivity contribution in [2.24, 2.45) is 11.8 Å². The molecule has 2 heterocycles. The molecule has 3 nitrogen and oxygen atoms in total. The molecule has 31 heavy (non-hydrogen) atoms. The Labute approximate surface area is 179 Å². The van der Waals surface area contributed by atoms with Gasteiger partial charge in [0.1, 0.15) is 17.5 Å². The fourth-order valence-corrected chi connectivity index (χ4v) is 5.73. The summed E-state index contributed by atoms with van der Waals surface area (Å²) in [5.74, 6) is 2.72. The molecule has 2 fully saturated rings. The average Bonchev–Trinajstić information content (AvgIpc) is 3.52. The van der Waals surface area contributed by atoms with Crippen LogP contribution >= 0.6 is 0 Å². The van der Waals surface area contributed by atoms with E-state index in [0.717, 1.165) is 53.4 Å². The number of nitrogens with one attached hydrogen (secondary N) is 1. The predicted octanol–water partition coefficient (Wildman–Crippen LogP) is 6.86. The normalized spacial score (nSPS) is 22.8. The number of hydrogen-bond acceptors (Lipinski definition) is 2. The van der Waals surface area contributed by atoms with E-state index in [0.29, 0.717) is 23.7 Å². The summed E-state index contributed by atoms with van der Waals surface area (Å²) in [7, 11) is 0. The van der Waals surface area contributed by atoms with E-state index in [1.165, 1.54) is 30.5 Å². The van der Waals surface area contributed by atoms with E-state index in [9.17, 15) is 8.78 Å². The zero-order valence-electron chi connectivity index (χ0n) is 17.3. The molecule has 4 aromatic rings. The first-order valence-corrected chi connectivity index (χ1v) is 11.3. The van der Waals surface area contributed by atoms with Crippen LogP contribution in [0.2, 0.25) is 0 Å². The Balaban J connectivity index is 1.25. The van der Waals surface area contributed by atoms with Crippen molar-refractivity contribution in [3.63, 3.8) is 0 Å². The zero-order chi connectivity index (χ0) is 20.9. The van der Waals surface area contributed by atoms with E-state index in [4.69, 9.17) is 4.98 Å². The monoisotopic (exact) mass is 417 g/mol. The molecular formula is C26H25F2N3. The van der Waals surface area contributed by atoms with Crippen LogP contribution in [0.1, 0.15) is 61.7 Å². The first-order chi connectivity index (χ1) is 15.2. The van der Waals surface area contributed by atoms with Crippen LogP contribution in [0, 0.1) is 23.5 Å². The smallest absolute Gasteiger partial charge is 0.125 e. The van der Waals surface area contributed by atoms with Crippen molar-refractivity contribution >= 4 is 21.9 Å². The Bertz CT molecular complexity index is 1250. The number of aromatic amines is 1. The van der Waals surface area contributed by atoms with E-state index in [-0.39, 0.29) is 11.6 Å². The number of nitrogens with zero attached hydrogens (tertiary/aromatic N) is 2. The summed E-state index contributed by atoms with van der Waals surface area (Å²) in [6.45, 7) is 0. The highest BCUT2D eigenvalue weighted by molar-refractivity contribution is 5.82. The number of benzene rings is 2. The molecule has 2 aliphatic rings. The Morgan fingerprint density at radius 3 is 2.23 bits per heavy atom. The van der Waals surface area contributed by atoms with Gasteiger partial charge in [0.25, 0.3) is 0 Å². The fraction of sp³-hybridized carbons (Fsp3) is 0.385. The lowest BCUT2D eigenvalue weighted by atomic mass is 9.72. The quantitative estimate of drug-likeness (QED) is 0.394. The molecule has 0 unspecified atom stereocenters. The van der Waals surface area contributed by atoms with Crippen molar-refractivity contribution in [3.8, 4) is 0 Å². The van der Waals surface area contributed by atoms with Crippen LogP contribution in [-0.2, 0) is 0 Å². The summed E-state index contributed by atoms with van der Waals surface area (Å²) in [4.78, 5) is 12.7. The van der Waals surface area contributed by atoms with Gasteiger partial charge in [-0.15, -0.1) is 0 Å². The van der Waals surface area contributed by atoms with Crippen molar-refractivity contribution in [1.29, 1.82) is 0 Å². The summed E-state index contributed by atoms with van der Waals surface area (Å²) in [5.41, 5.74) is 3.73. The maximum absolute atomic E-state index is 13.9. The van der Waals surface area contributed by atoms with E-state index in [2.05, 4.69) is 16.0 Å². The van der Waals surface area contributed by atoms with Crippen LogP contribution in [0.4, 0.5) is 8.78 Å². The molecule has 0 aliphatic heterocycles. The first kappa shape index (κ1) is 18.9. The van der Waals surface area contributed by atoms with Gasteiger partial charge in [-0.3, -0.25) is 4.98 Å². The lowest BCUT2D eigenvalue weighted by Gasteiger charge is -2.34. The third kappa shape index (κ3) is 3.50. The minimum atomic E-state index is -0.229. The third-order valence-electron chi connectivity index (χ3n) is 7.36. The molecule has 2 aromatic heterocycles. The van der Waals surface area contributed by atoms with Gasteiger partial charge in [0, 0.05) is 17.5 Å². The van der Waals surface area contributed by atoms with Crippen LogP contribution < -0.4 is 0 Å². The number of hydrogen-bond donors (Lipinski definition) is 1. The van der Waals surface area contributed by atoms with Crippen LogP contribution in [0.15, 0.2) is 48.7 Å². The van der Waals surface area contributed by atoms with E-state index in [1.807, 2.05) is 6.20 Å². The first-order valence-electron chi connectivity index (χ1n) is 11.3. The molecule has 158 valence electrons. The van der Waals surface area contributed by atoms with Gasteiger partial charge in [0.2, 0.25) is 0 Å². The van der Waals surface area contributed by atoms with Crippen molar-refractivity contribution in [3.05, 3.63) is 71.7 Å². The van der Waals surface area contributed by atoms with Crippen LogP contribution in [-0.4, -0.2) is 15.0 Å². The van der Waals surface area contributed by atoms with Gasteiger partial charge in [-0.2, -0.15) is 0 Å². The van der Waals surface area contributed by atoms with Crippen LogP contribution in [0.3, 0.4) is 0 Å². The second-order valence-corrected chi connectivity index (χ2v) is 9.32. The summed E-state index contributed by atoms with van der Waals surface area (Å²) in [6, 6.07) is 11.7. The third-order valence-corrected chi connectivity index (χ3v) is 7.36. The van der Waals surface area contributed by atoms with E-state index < -0.39 is 0 Å². The van der Waals surface area contributed by atoms with Crippen LogP contribution in [0.5, 0.6) is 0 Å². The molecule has 0 spiro atoms. The maximum atomic E-state index is 13.9. The fourth-order valence-electron chi connectivity index (χ4n) is 5.73. The molecule has 0 saturated heterocycles. The number of H-pyrrole nitrogens is 1. The van der Waals surface area contributed by atoms with Crippen molar-refractivity contribution in [1.82, 2.24) is 15.0 Å². The second-order valence-electron chi connectivity index (χ2n) is 9.32. The van der Waals surface area contributed by atoms with Gasteiger partial charge in [0.15, 0.2) is 0 Å². The number of halogens is 2. The molecular weight excluding hydrogens is 392 g/mol. The number of aromatic nitrogens is 3. The highest BCUT2D eigenvalue weighted by atomic mass is 19.1. The Hall–Kier alpha value is -2.82. The minimum Gasteiger partial charge on any atom is -0.342 e. The number of pyridine rings is 1. The molecule has 2 aromatic carbocycles. The maximum Gasteiger partial charge on any atom is 0.125 e. The molecule has 2 aliphatic carbocycles. The van der Waals surface area contributed by atoms with Gasteiger partial charge >= 0.3 is 0 Å². The molecule has 1 atom stereocenters. The summed E-state index contributed by atoms with van der Waals surface area (Å²) in [5, 5.41) is 0.948. The number of imidazole rings is 1. The lowest BCUT2D eigenvalue weighted by molar-refractivity contribution is 0.259. The van der Waals surface area contributed by atoms with Gasteiger partial charge in [-0.05, 0) is 104 Å². The topological polar surface area (TPSA) is 41.6 Å². The van der Waals surface area contributed by atoms with Gasteiger partial charge < -0.3 is 4.98 Å². The highest BCUT2D eigenvalue weighted by Crippen LogP contribution is 2.51. The van der Waals surface area contributed by atoms with Gasteiger partial charge in [-0.25, -0.2) is 13.8 Å². The van der Waals surface area contributed by atoms with E-state index >= 15 is 0 Å². The largest absolute Gasteiger partial charge is 0.342 e.